The van der Waals surface area contributed by atoms with Gasteiger partial charge in [0.15, 0.2) is 0 Å². The van der Waals surface area contributed by atoms with Gasteiger partial charge in [0.1, 0.15) is 5.82 Å². The summed E-state index contributed by atoms with van der Waals surface area (Å²) >= 11 is 1.62. The molecule has 1 aliphatic rings. The van der Waals surface area contributed by atoms with Gasteiger partial charge in [0.2, 0.25) is 5.91 Å². The summed E-state index contributed by atoms with van der Waals surface area (Å²) in [6.07, 6.45) is 0.418. The second kappa shape index (κ2) is 5.29. The molecule has 0 aromatic heterocycles. The van der Waals surface area contributed by atoms with E-state index in [1.54, 1.807) is 29.8 Å². The van der Waals surface area contributed by atoms with Crippen LogP contribution in [-0.4, -0.2) is 13.0 Å². The summed E-state index contributed by atoms with van der Waals surface area (Å²) in [4.78, 5) is 14.8. The molecule has 0 fully saturated rings. The Hall–Kier alpha value is -1.81. The van der Waals surface area contributed by atoms with Crippen LogP contribution in [0, 0.1) is 5.82 Å². The van der Waals surface area contributed by atoms with Gasteiger partial charge in [-0.1, -0.05) is 30.3 Å². The number of hydrogen-bond acceptors (Lipinski definition) is 2. The molecule has 0 spiro atoms. The van der Waals surface area contributed by atoms with Gasteiger partial charge in [-0.3, -0.25) is 4.79 Å². The summed E-state index contributed by atoms with van der Waals surface area (Å²) in [5.74, 6) is -0.308. The average molecular weight is 287 g/mol. The molecule has 102 valence electrons. The van der Waals surface area contributed by atoms with Crippen molar-refractivity contribution in [1.29, 1.82) is 0 Å². The Morgan fingerprint density at radius 2 is 1.95 bits per heavy atom. The highest BCUT2D eigenvalue weighted by Gasteiger charge is 2.27. The van der Waals surface area contributed by atoms with Crippen molar-refractivity contribution >= 4 is 23.4 Å². The lowest BCUT2D eigenvalue weighted by Crippen LogP contribution is -2.26. The first kappa shape index (κ1) is 13.2. The topological polar surface area (TPSA) is 20.3 Å². The average Bonchev–Trinajstić information content (AvgIpc) is 2.59. The van der Waals surface area contributed by atoms with Crippen molar-refractivity contribution in [2.75, 3.05) is 11.9 Å². The van der Waals surface area contributed by atoms with Crippen LogP contribution >= 0.6 is 11.8 Å². The van der Waals surface area contributed by atoms with Crippen molar-refractivity contribution < 1.29 is 9.18 Å². The highest BCUT2D eigenvalue weighted by Crippen LogP contribution is 2.45. The smallest absolute Gasteiger partial charge is 0.228 e. The molecular formula is C16H14FNOS. The summed E-state index contributed by atoms with van der Waals surface area (Å²) in [6.45, 7) is 0. The van der Waals surface area contributed by atoms with Crippen LogP contribution < -0.4 is 4.90 Å². The van der Waals surface area contributed by atoms with Gasteiger partial charge in [-0.25, -0.2) is 4.39 Å². The quantitative estimate of drug-likeness (QED) is 0.789. The van der Waals surface area contributed by atoms with E-state index in [1.807, 2.05) is 30.3 Å². The van der Waals surface area contributed by atoms with Crippen LogP contribution in [0.5, 0.6) is 0 Å². The number of thioether (sulfide) groups is 1. The van der Waals surface area contributed by atoms with E-state index in [0.29, 0.717) is 12.1 Å². The molecule has 1 heterocycles. The molecule has 2 nitrogen and oxygen atoms in total. The van der Waals surface area contributed by atoms with Crippen LogP contribution in [0.2, 0.25) is 0 Å². The number of carbonyl (C=O) groups is 1. The zero-order chi connectivity index (χ0) is 14.1. The maximum absolute atomic E-state index is 13.4. The Kier molecular flexibility index (Phi) is 3.49. The fourth-order valence-electron chi connectivity index (χ4n) is 2.33. The van der Waals surface area contributed by atoms with E-state index < -0.39 is 0 Å². The van der Waals surface area contributed by atoms with Crippen LogP contribution in [0.3, 0.4) is 0 Å². The standard InChI is InChI=1S/C16H14FNOS/c1-18-13-9-12(17)7-8-14(13)20-15(10-16(18)19)11-5-3-2-4-6-11/h2-9,15H,10H2,1H3. The summed E-state index contributed by atoms with van der Waals surface area (Å²) in [7, 11) is 1.70. The maximum atomic E-state index is 13.4. The van der Waals surface area contributed by atoms with E-state index in [1.165, 1.54) is 12.1 Å². The number of rotatable bonds is 1. The van der Waals surface area contributed by atoms with E-state index in [-0.39, 0.29) is 17.0 Å². The third-order valence-corrected chi connectivity index (χ3v) is 4.78. The van der Waals surface area contributed by atoms with Gasteiger partial charge in [0, 0.05) is 23.6 Å². The predicted molar refractivity (Wildman–Crippen MR) is 79.5 cm³/mol. The summed E-state index contributed by atoms with van der Waals surface area (Å²) in [5, 5.41) is 0.0675. The molecule has 0 N–H and O–H groups in total. The molecule has 0 bridgehead atoms. The van der Waals surface area contributed by atoms with E-state index in [0.717, 1.165) is 10.5 Å². The van der Waals surface area contributed by atoms with Gasteiger partial charge in [0.25, 0.3) is 0 Å². The zero-order valence-corrected chi connectivity index (χ0v) is 11.9. The number of fused-ring (bicyclic) bond motifs is 1. The molecular weight excluding hydrogens is 273 g/mol. The van der Waals surface area contributed by atoms with E-state index in [4.69, 9.17) is 0 Å². The zero-order valence-electron chi connectivity index (χ0n) is 11.0. The molecule has 1 amide bonds. The molecule has 4 heteroatoms. The molecule has 1 atom stereocenters. The lowest BCUT2D eigenvalue weighted by atomic mass is 10.1. The fourth-order valence-corrected chi connectivity index (χ4v) is 3.62. The van der Waals surface area contributed by atoms with Gasteiger partial charge >= 0.3 is 0 Å². The number of nitrogens with zero attached hydrogens (tertiary/aromatic N) is 1. The predicted octanol–water partition coefficient (Wildman–Crippen LogP) is 4.03. The molecule has 1 unspecified atom stereocenters. The number of hydrogen-bond donors (Lipinski definition) is 0. The molecule has 2 aromatic rings. The minimum atomic E-state index is -0.317. The minimum absolute atomic E-state index is 0.00991. The van der Waals surface area contributed by atoms with Gasteiger partial charge in [-0.15, -0.1) is 11.8 Å². The van der Waals surface area contributed by atoms with Crippen LogP contribution in [0.1, 0.15) is 17.2 Å². The van der Waals surface area contributed by atoms with E-state index in [9.17, 15) is 9.18 Å². The van der Waals surface area contributed by atoms with Crippen molar-refractivity contribution in [1.82, 2.24) is 0 Å². The number of anilines is 1. The van der Waals surface area contributed by atoms with Crippen LogP contribution in [-0.2, 0) is 4.79 Å². The molecule has 2 aromatic carbocycles. The van der Waals surface area contributed by atoms with Crippen LogP contribution in [0.15, 0.2) is 53.4 Å². The second-order valence-corrected chi connectivity index (χ2v) is 6.03. The van der Waals surface area contributed by atoms with Crippen molar-refractivity contribution in [3.63, 3.8) is 0 Å². The lowest BCUT2D eigenvalue weighted by molar-refractivity contribution is -0.118. The largest absolute Gasteiger partial charge is 0.314 e. The number of halogens is 1. The maximum Gasteiger partial charge on any atom is 0.228 e. The first-order valence-electron chi connectivity index (χ1n) is 6.43. The first-order valence-corrected chi connectivity index (χ1v) is 7.31. The molecule has 0 aliphatic carbocycles. The minimum Gasteiger partial charge on any atom is -0.314 e. The number of carbonyl (C=O) groups excluding carboxylic acids is 1. The molecule has 1 aliphatic heterocycles. The molecule has 0 saturated heterocycles. The second-order valence-electron chi connectivity index (χ2n) is 4.79. The highest BCUT2D eigenvalue weighted by molar-refractivity contribution is 7.99. The summed E-state index contributed by atoms with van der Waals surface area (Å²) < 4.78 is 13.4. The monoisotopic (exact) mass is 287 g/mol. The third kappa shape index (κ3) is 2.43. The molecule has 0 radical (unpaired) electrons. The van der Waals surface area contributed by atoms with E-state index in [2.05, 4.69) is 0 Å². The molecule has 0 saturated carbocycles. The number of benzene rings is 2. The Balaban J connectivity index is 2.03. The SMILES string of the molecule is CN1C(=O)CC(c2ccccc2)Sc2ccc(F)cc21. The van der Waals surface area contributed by atoms with Gasteiger partial charge in [-0.2, -0.15) is 0 Å². The highest BCUT2D eigenvalue weighted by atomic mass is 32.2. The number of amides is 1. The lowest BCUT2D eigenvalue weighted by Gasteiger charge is -2.16. The van der Waals surface area contributed by atoms with Crippen LogP contribution in [0.4, 0.5) is 10.1 Å². The van der Waals surface area contributed by atoms with Crippen molar-refractivity contribution in [2.45, 2.75) is 16.6 Å². The van der Waals surface area contributed by atoms with Crippen molar-refractivity contribution in [3.05, 3.63) is 59.9 Å². The Bertz CT molecular complexity index is 644. The Labute approximate surface area is 121 Å². The summed E-state index contributed by atoms with van der Waals surface area (Å²) in [6, 6.07) is 14.6. The third-order valence-electron chi connectivity index (χ3n) is 3.46. The van der Waals surface area contributed by atoms with Crippen molar-refractivity contribution in [3.8, 4) is 0 Å². The van der Waals surface area contributed by atoms with Gasteiger partial charge < -0.3 is 4.90 Å². The molecule has 3 rings (SSSR count). The first-order chi connectivity index (χ1) is 9.65. The van der Waals surface area contributed by atoms with Crippen molar-refractivity contribution in [2.24, 2.45) is 0 Å². The van der Waals surface area contributed by atoms with E-state index >= 15 is 0 Å². The van der Waals surface area contributed by atoms with Gasteiger partial charge in [-0.05, 0) is 23.8 Å². The fraction of sp³-hybridized carbons (Fsp3) is 0.188. The Morgan fingerprint density at radius 3 is 2.70 bits per heavy atom. The Morgan fingerprint density at radius 1 is 1.20 bits per heavy atom. The normalized spacial score (nSPS) is 18.6. The van der Waals surface area contributed by atoms with Gasteiger partial charge in [0.05, 0.1) is 5.69 Å². The summed E-state index contributed by atoms with van der Waals surface area (Å²) in [5.41, 5.74) is 1.77. The van der Waals surface area contributed by atoms with Crippen LogP contribution in [0.25, 0.3) is 0 Å². The molecule has 20 heavy (non-hydrogen) atoms.